The molecule has 4 rings (SSSR count). The van der Waals surface area contributed by atoms with Crippen LogP contribution in [0.5, 0.6) is 0 Å². The molecule has 0 aliphatic heterocycles. The third kappa shape index (κ3) is 5.37. The number of hydrogen-bond acceptors (Lipinski definition) is 5. The Morgan fingerprint density at radius 2 is 1.54 bits per heavy atom. The molecule has 0 bridgehead atoms. The van der Waals surface area contributed by atoms with E-state index in [0.717, 1.165) is 5.56 Å². The fourth-order valence-corrected chi connectivity index (χ4v) is 4.13. The first-order valence-corrected chi connectivity index (χ1v) is 11.2. The molecule has 0 saturated carbocycles. The molecule has 0 fully saturated rings. The lowest BCUT2D eigenvalue weighted by atomic mass is 9.95. The molecule has 1 unspecified atom stereocenters. The summed E-state index contributed by atoms with van der Waals surface area (Å²) in [4.78, 5) is 31.4. The first-order chi connectivity index (χ1) is 16.8. The van der Waals surface area contributed by atoms with Crippen molar-refractivity contribution >= 4 is 22.8 Å². The molecule has 7 nitrogen and oxygen atoms in total. The highest BCUT2D eigenvalue weighted by Crippen LogP contribution is 2.32. The summed E-state index contributed by atoms with van der Waals surface area (Å²) in [6.07, 6.45) is 0. The lowest BCUT2D eigenvalue weighted by Crippen LogP contribution is -2.37. The van der Waals surface area contributed by atoms with Crippen LogP contribution in [0.3, 0.4) is 0 Å². The van der Waals surface area contributed by atoms with E-state index in [1.54, 1.807) is 30.3 Å². The molecular weight excluding hydrogens is 442 g/mol. The highest BCUT2D eigenvalue weighted by Gasteiger charge is 2.29. The fraction of sp³-hybridized carbons (Fsp3) is 0.179. The molecule has 1 atom stereocenters. The van der Waals surface area contributed by atoms with Gasteiger partial charge in [-0.25, -0.2) is 9.78 Å². The minimum absolute atomic E-state index is 0.0129. The van der Waals surface area contributed by atoms with Gasteiger partial charge >= 0.3 is 5.97 Å². The summed E-state index contributed by atoms with van der Waals surface area (Å²) in [5.41, 5.74) is 3.40. The molecule has 1 N–H and O–H groups in total. The molecule has 0 aliphatic carbocycles. The number of carbonyl (C=O) groups excluding carboxylic acids is 2. The summed E-state index contributed by atoms with van der Waals surface area (Å²) in [6.45, 7) is 0.0129. The van der Waals surface area contributed by atoms with E-state index >= 15 is 0 Å². The Morgan fingerprint density at radius 1 is 0.943 bits per heavy atom. The molecular formula is C28H27N3O4. The number of fused-ring (bicyclic) bond motifs is 1. The average Bonchev–Trinajstić information content (AvgIpc) is 2.86. The summed E-state index contributed by atoms with van der Waals surface area (Å²) in [6, 6.07) is 24.6. The van der Waals surface area contributed by atoms with Crippen molar-refractivity contribution < 1.29 is 19.0 Å². The van der Waals surface area contributed by atoms with Crippen LogP contribution in [-0.2, 0) is 16.1 Å². The lowest BCUT2D eigenvalue weighted by molar-refractivity contribution is -0.853. The summed E-state index contributed by atoms with van der Waals surface area (Å²) in [5.74, 6) is -1.07. The molecule has 7 heteroatoms. The molecule has 178 valence electrons. The number of pyridine rings is 1. The monoisotopic (exact) mass is 469 g/mol. The Bertz CT molecular complexity index is 1350. The number of nitrogens with one attached hydrogen (secondary N) is 1. The molecule has 0 radical (unpaired) electrons. The number of quaternary nitrogens is 1. The maximum absolute atomic E-state index is 13.9. The summed E-state index contributed by atoms with van der Waals surface area (Å²) in [7, 11) is 4.32. The van der Waals surface area contributed by atoms with Crippen LogP contribution in [0.15, 0.2) is 84.9 Å². The van der Waals surface area contributed by atoms with Gasteiger partial charge in [-0.2, -0.15) is 0 Å². The van der Waals surface area contributed by atoms with Crippen LogP contribution < -0.4 is 5.32 Å². The lowest BCUT2D eigenvalue weighted by Gasteiger charge is -2.35. The Hall–Kier alpha value is -4.07. The van der Waals surface area contributed by atoms with E-state index in [4.69, 9.17) is 9.72 Å². The number of nitrogens with zero attached hydrogens (tertiary/aromatic N) is 2. The van der Waals surface area contributed by atoms with E-state index in [1.165, 1.54) is 21.2 Å². The predicted molar refractivity (Wildman–Crippen MR) is 135 cm³/mol. The SMILES string of the molecule is COC(=O)C(NC(=O)c1c(C[N+](C)(C)[O-])c(-c2ccccc2)nc2ccccc12)c1ccccc1. The standard InChI is InChI=1S/C28H27N3O4/c1-31(2,34)18-22-24(27(32)30-26(28(33)35-3)20-14-8-5-9-15-20)21-16-10-11-17-23(21)29-25(22)19-12-6-4-7-13-19/h4-17,26H,18H2,1-3H3,(H,30,32). The number of esters is 1. The van der Waals surface area contributed by atoms with Crippen LogP contribution in [0.1, 0.15) is 27.5 Å². The molecule has 3 aromatic carbocycles. The van der Waals surface area contributed by atoms with Gasteiger partial charge in [-0.3, -0.25) is 4.79 Å². The van der Waals surface area contributed by atoms with Crippen LogP contribution in [-0.4, -0.2) is 42.7 Å². The van der Waals surface area contributed by atoms with Gasteiger partial charge in [-0.1, -0.05) is 78.9 Å². The topological polar surface area (TPSA) is 91.3 Å². The average molecular weight is 470 g/mol. The molecule has 1 aromatic heterocycles. The van der Waals surface area contributed by atoms with E-state index < -0.39 is 22.6 Å². The van der Waals surface area contributed by atoms with E-state index in [1.807, 2.05) is 54.6 Å². The van der Waals surface area contributed by atoms with E-state index in [2.05, 4.69) is 5.32 Å². The fourth-order valence-electron chi connectivity index (χ4n) is 4.13. The van der Waals surface area contributed by atoms with Gasteiger partial charge in [0.25, 0.3) is 5.91 Å². The highest BCUT2D eigenvalue weighted by molar-refractivity contribution is 6.10. The van der Waals surface area contributed by atoms with Crippen molar-refractivity contribution in [3.8, 4) is 11.3 Å². The Labute approximate surface area is 204 Å². The van der Waals surface area contributed by atoms with Crippen molar-refractivity contribution in [3.05, 3.63) is 107 Å². The third-order valence-corrected chi connectivity index (χ3v) is 5.65. The number of hydroxylamine groups is 3. The Kier molecular flexibility index (Phi) is 6.91. The summed E-state index contributed by atoms with van der Waals surface area (Å²) < 4.78 is 4.32. The van der Waals surface area contributed by atoms with Crippen molar-refractivity contribution in [2.24, 2.45) is 0 Å². The van der Waals surface area contributed by atoms with Gasteiger partial charge in [-0.05, 0) is 11.6 Å². The van der Waals surface area contributed by atoms with Crippen molar-refractivity contribution in [3.63, 3.8) is 0 Å². The molecule has 4 aromatic rings. The number of para-hydroxylation sites is 1. The van der Waals surface area contributed by atoms with Crippen LogP contribution in [0.4, 0.5) is 0 Å². The predicted octanol–water partition coefficient (Wildman–Crippen LogP) is 4.62. The minimum Gasteiger partial charge on any atom is -0.633 e. The highest BCUT2D eigenvalue weighted by atomic mass is 16.5. The van der Waals surface area contributed by atoms with Crippen molar-refractivity contribution in [1.29, 1.82) is 0 Å². The number of ether oxygens (including phenoxy) is 1. The number of methoxy groups -OCH3 is 1. The van der Waals surface area contributed by atoms with Crippen LogP contribution in [0, 0.1) is 5.21 Å². The summed E-state index contributed by atoms with van der Waals surface area (Å²) in [5, 5.41) is 16.3. The minimum atomic E-state index is -1.01. The molecule has 1 amide bonds. The van der Waals surface area contributed by atoms with Gasteiger partial charge in [0.05, 0.1) is 38.0 Å². The van der Waals surface area contributed by atoms with Crippen LogP contribution in [0.25, 0.3) is 22.2 Å². The van der Waals surface area contributed by atoms with Crippen molar-refractivity contribution in [2.45, 2.75) is 12.6 Å². The second kappa shape index (κ2) is 10.0. The van der Waals surface area contributed by atoms with E-state index in [-0.39, 0.29) is 6.54 Å². The second-order valence-corrected chi connectivity index (χ2v) is 8.77. The summed E-state index contributed by atoms with van der Waals surface area (Å²) >= 11 is 0. The van der Waals surface area contributed by atoms with Gasteiger partial charge in [-0.15, -0.1) is 0 Å². The first-order valence-electron chi connectivity index (χ1n) is 11.2. The van der Waals surface area contributed by atoms with E-state index in [9.17, 15) is 14.8 Å². The number of benzene rings is 3. The van der Waals surface area contributed by atoms with Crippen molar-refractivity contribution in [1.82, 2.24) is 10.3 Å². The first kappa shape index (κ1) is 24.1. The maximum atomic E-state index is 13.9. The number of carbonyl (C=O) groups is 2. The molecule has 0 aliphatic rings. The number of aromatic nitrogens is 1. The normalized spacial score (nSPS) is 12.2. The Morgan fingerprint density at radius 3 is 2.17 bits per heavy atom. The van der Waals surface area contributed by atoms with Gasteiger partial charge < -0.3 is 19.9 Å². The molecule has 1 heterocycles. The largest absolute Gasteiger partial charge is 0.633 e. The van der Waals surface area contributed by atoms with Crippen LogP contribution >= 0.6 is 0 Å². The Balaban J connectivity index is 1.93. The van der Waals surface area contributed by atoms with Crippen molar-refractivity contribution in [2.75, 3.05) is 21.2 Å². The number of rotatable bonds is 7. The zero-order chi connectivity index (χ0) is 25.0. The van der Waals surface area contributed by atoms with Crippen LogP contribution in [0.2, 0.25) is 0 Å². The third-order valence-electron chi connectivity index (χ3n) is 5.65. The van der Waals surface area contributed by atoms with Gasteiger partial charge in [0, 0.05) is 16.5 Å². The van der Waals surface area contributed by atoms with Gasteiger partial charge in [0.2, 0.25) is 0 Å². The smallest absolute Gasteiger partial charge is 0.333 e. The quantitative estimate of drug-likeness (QED) is 0.242. The van der Waals surface area contributed by atoms with Gasteiger partial charge in [0.15, 0.2) is 6.04 Å². The van der Waals surface area contributed by atoms with E-state index in [0.29, 0.717) is 33.3 Å². The van der Waals surface area contributed by atoms with Gasteiger partial charge in [0.1, 0.15) is 6.54 Å². The zero-order valence-corrected chi connectivity index (χ0v) is 19.9. The molecule has 0 saturated heterocycles. The maximum Gasteiger partial charge on any atom is 0.333 e. The molecule has 0 spiro atoms. The molecule has 35 heavy (non-hydrogen) atoms. The second-order valence-electron chi connectivity index (χ2n) is 8.77. The zero-order valence-electron chi connectivity index (χ0n) is 19.9. The number of hydrogen-bond donors (Lipinski definition) is 1. The number of amides is 1.